The summed E-state index contributed by atoms with van der Waals surface area (Å²) in [5.41, 5.74) is 2.41. The lowest BCUT2D eigenvalue weighted by Gasteiger charge is -2.40. The number of hydrogen-bond acceptors (Lipinski definition) is 2. The summed E-state index contributed by atoms with van der Waals surface area (Å²) >= 11 is 0. The first-order valence-corrected chi connectivity index (χ1v) is 5.09. The van der Waals surface area contributed by atoms with Crippen LogP contribution in [0.2, 0.25) is 0 Å². The van der Waals surface area contributed by atoms with Crippen LogP contribution in [0.4, 0.5) is 0 Å². The van der Waals surface area contributed by atoms with E-state index in [4.69, 9.17) is 4.74 Å². The van der Waals surface area contributed by atoms with Crippen molar-refractivity contribution in [3.8, 4) is 0 Å². The maximum absolute atomic E-state index is 9.34. The molecular weight excluding hydrogens is 176 g/mol. The van der Waals surface area contributed by atoms with E-state index in [1.165, 1.54) is 11.1 Å². The quantitative estimate of drug-likeness (QED) is 0.786. The molecule has 0 aromatic heterocycles. The van der Waals surface area contributed by atoms with E-state index in [0.717, 1.165) is 6.42 Å². The topological polar surface area (TPSA) is 29.5 Å². The summed E-state index contributed by atoms with van der Waals surface area (Å²) in [6.07, 6.45) is 1.06. The third-order valence-corrected chi connectivity index (χ3v) is 3.03. The Morgan fingerprint density at radius 1 is 1.29 bits per heavy atom. The molecule has 14 heavy (non-hydrogen) atoms. The molecule has 0 bridgehead atoms. The molecule has 2 heteroatoms. The lowest BCUT2D eigenvalue weighted by molar-refractivity contribution is -0.0841. The molecule has 0 radical (unpaired) electrons. The minimum Gasteiger partial charge on any atom is -0.395 e. The van der Waals surface area contributed by atoms with Crippen LogP contribution < -0.4 is 0 Å². The van der Waals surface area contributed by atoms with Crippen molar-refractivity contribution in [3.63, 3.8) is 0 Å². The van der Waals surface area contributed by atoms with Gasteiger partial charge in [-0.1, -0.05) is 31.2 Å². The van der Waals surface area contributed by atoms with Gasteiger partial charge in [0.05, 0.1) is 25.2 Å². The van der Waals surface area contributed by atoms with E-state index in [-0.39, 0.29) is 12.0 Å². The maximum Gasteiger partial charge on any atom is 0.0651 e. The minimum absolute atomic E-state index is 0.119. The Morgan fingerprint density at radius 3 is 2.29 bits per heavy atom. The highest BCUT2D eigenvalue weighted by atomic mass is 16.5. The molecule has 1 heterocycles. The zero-order valence-electron chi connectivity index (χ0n) is 8.49. The smallest absolute Gasteiger partial charge is 0.0651 e. The molecule has 0 spiro atoms. The van der Waals surface area contributed by atoms with Gasteiger partial charge in [-0.2, -0.15) is 0 Å². The minimum atomic E-state index is -0.119. The molecular formula is C12H16O2. The number of aliphatic hydroxyl groups excluding tert-OH is 1. The highest BCUT2D eigenvalue weighted by Crippen LogP contribution is 2.31. The van der Waals surface area contributed by atoms with E-state index in [1.54, 1.807) is 0 Å². The Morgan fingerprint density at radius 2 is 1.93 bits per heavy atom. The molecule has 76 valence electrons. The van der Waals surface area contributed by atoms with Crippen molar-refractivity contribution < 1.29 is 9.84 Å². The van der Waals surface area contributed by atoms with Crippen LogP contribution in [0.15, 0.2) is 24.3 Å². The Labute approximate surface area is 84.5 Å². The fraction of sp³-hybridized carbons (Fsp3) is 0.500. The molecule has 1 saturated heterocycles. The molecule has 1 aromatic carbocycles. The third-order valence-electron chi connectivity index (χ3n) is 3.03. The average Bonchev–Trinajstić information content (AvgIpc) is 2.18. The molecule has 0 amide bonds. The average molecular weight is 192 g/mol. The van der Waals surface area contributed by atoms with E-state index in [1.807, 2.05) is 0 Å². The van der Waals surface area contributed by atoms with E-state index in [0.29, 0.717) is 13.2 Å². The largest absolute Gasteiger partial charge is 0.395 e. The van der Waals surface area contributed by atoms with Crippen LogP contribution in [-0.4, -0.2) is 24.9 Å². The van der Waals surface area contributed by atoms with Crippen LogP contribution in [-0.2, 0) is 16.6 Å². The Hall–Kier alpha value is -0.860. The summed E-state index contributed by atoms with van der Waals surface area (Å²) in [4.78, 5) is 0. The molecule has 0 atom stereocenters. The van der Waals surface area contributed by atoms with Gasteiger partial charge in [-0.25, -0.2) is 0 Å². The lowest BCUT2D eigenvalue weighted by Crippen LogP contribution is -2.49. The second kappa shape index (κ2) is 3.71. The summed E-state index contributed by atoms with van der Waals surface area (Å²) in [5.74, 6) is 0. The van der Waals surface area contributed by atoms with E-state index >= 15 is 0 Å². The van der Waals surface area contributed by atoms with Gasteiger partial charge in [0, 0.05) is 0 Å². The van der Waals surface area contributed by atoms with Crippen molar-refractivity contribution in [2.45, 2.75) is 18.8 Å². The number of aryl methyl sites for hydroxylation is 1. The highest BCUT2D eigenvalue weighted by Gasteiger charge is 2.39. The van der Waals surface area contributed by atoms with Crippen molar-refractivity contribution in [2.24, 2.45) is 0 Å². The van der Waals surface area contributed by atoms with Gasteiger partial charge in [-0.3, -0.25) is 0 Å². The predicted octanol–water partition coefficient (Wildman–Crippen LogP) is 1.51. The van der Waals surface area contributed by atoms with Gasteiger partial charge < -0.3 is 9.84 Å². The maximum atomic E-state index is 9.34. The van der Waals surface area contributed by atoms with Gasteiger partial charge in [-0.05, 0) is 17.5 Å². The van der Waals surface area contributed by atoms with E-state index in [9.17, 15) is 5.11 Å². The van der Waals surface area contributed by atoms with Crippen LogP contribution in [0.25, 0.3) is 0 Å². The summed E-state index contributed by atoms with van der Waals surface area (Å²) in [7, 11) is 0. The van der Waals surface area contributed by atoms with Gasteiger partial charge in [0.15, 0.2) is 0 Å². The molecule has 0 saturated carbocycles. The van der Waals surface area contributed by atoms with Crippen molar-refractivity contribution in [1.82, 2.24) is 0 Å². The summed E-state index contributed by atoms with van der Waals surface area (Å²) in [6, 6.07) is 8.48. The van der Waals surface area contributed by atoms with Crippen molar-refractivity contribution in [1.29, 1.82) is 0 Å². The Kier molecular flexibility index (Phi) is 2.57. The molecule has 2 rings (SSSR count). The predicted molar refractivity (Wildman–Crippen MR) is 55.4 cm³/mol. The first-order chi connectivity index (χ1) is 6.80. The van der Waals surface area contributed by atoms with Crippen LogP contribution in [0, 0.1) is 0 Å². The van der Waals surface area contributed by atoms with E-state index in [2.05, 4.69) is 31.2 Å². The standard InChI is InChI=1S/C12H16O2/c1-2-10-3-5-11(6-4-10)12(7-13)8-14-9-12/h3-6,13H,2,7-9H2,1H3. The molecule has 0 unspecified atom stereocenters. The zero-order valence-corrected chi connectivity index (χ0v) is 8.49. The fourth-order valence-electron chi connectivity index (χ4n) is 1.79. The molecule has 1 aliphatic rings. The first-order valence-electron chi connectivity index (χ1n) is 5.09. The van der Waals surface area contributed by atoms with Crippen LogP contribution in [0.1, 0.15) is 18.1 Å². The van der Waals surface area contributed by atoms with Crippen molar-refractivity contribution >= 4 is 0 Å². The number of hydrogen-bond donors (Lipinski definition) is 1. The molecule has 1 aromatic rings. The second-order valence-electron chi connectivity index (χ2n) is 3.98. The van der Waals surface area contributed by atoms with Gasteiger partial charge in [0.1, 0.15) is 0 Å². The van der Waals surface area contributed by atoms with Gasteiger partial charge in [-0.15, -0.1) is 0 Å². The number of rotatable bonds is 3. The number of aliphatic hydroxyl groups is 1. The van der Waals surface area contributed by atoms with Crippen molar-refractivity contribution in [3.05, 3.63) is 35.4 Å². The summed E-state index contributed by atoms with van der Waals surface area (Å²) in [5, 5.41) is 9.34. The molecule has 0 aliphatic carbocycles. The SMILES string of the molecule is CCc1ccc(C2(CO)COC2)cc1. The van der Waals surface area contributed by atoms with Crippen LogP contribution in [0.5, 0.6) is 0 Å². The number of benzene rings is 1. The Balaban J connectivity index is 2.23. The molecule has 1 N–H and O–H groups in total. The molecule has 1 aliphatic heterocycles. The van der Waals surface area contributed by atoms with Crippen molar-refractivity contribution in [2.75, 3.05) is 19.8 Å². The highest BCUT2D eigenvalue weighted by molar-refractivity contribution is 5.31. The molecule has 2 nitrogen and oxygen atoms in total. The fourth-order valence-corrected chi connectivity index (χ4v) is 1.79. The van der Waals surface area contributed by atoms with Crippen LogP contribution >= 0.6 is 0 Å². The zero-order chi connectivity index (χ0) is 10.0. The monoisotopic (exact) mass is 192 g/mol. The number of ether oxygens (including phenoxy) is 1. The second-order valence-corrected chi connectivity index (χ2v) is 3.98. The van der Waals surface area contributed by atoms with Crippen LogP contribution in [0.3, 0.4) is 0 Å². The summed E-state index contributed by atoms with van der Waals surface area (Å²) < 4.78 is 5.18. The first kappa shape index (κ1) is 9.69. The third kappa shape index (κ3) is 1.45. The van der Waals surface area contributed by atoms with Gasteiger partial charge in [0.2, 0.25) is 0 Å². The lowest BCUT2D eigenvalue weighted by atomic mass is 9.79. The van der Waals surface area contributed by atoms with E-state index < -0.39 is 0 Å². The van der Waals surface area contributed by atoms with Gasteiger partial charge >= 0.3 is 0 Å². The van der Waals surface area contributed by atoms with Gasteiger partial charge in [0.25, 0.3) is 0 Å². The Bertz CT molecular complexity index is 293. The normalized spacial score (nSPS) is 19.0. The molecule has 1 fully saturated rings. The summed E-state index contributed by atoms with van der Waals surface area (Å²) in [6.45, 7) is 3.62.